The Balaban J connectivity index is 1.36. The number of carbonyl (C=O) groups is 1. The lowest BCUT2D eigenvalue weighted by Gasteiger charge is -2.33. The first kappa shape index (κ1) is 22.3. The van der Waals surface area contributed by atoms with Crippen LogP contribution in [0.2, 0.25) is 0 Å². The van der Waals surface area contributed by atoms with Crippen molar-refractivity contribution in [1.82, 2.24) is 25.2 Å². The van der Waals surface area contributed by atoms with Crippen molar-refractivity contribution in [1.29, 1.82) is 0 Å². The Morgan fingerprint density at radius 3 is 2.66 bits per heavy atom. The molecule has 1 saturated heterocycles. The van der Waals surface area contributed by atoms with E-state index in [1.54, 1.807) is 18.5 Å². The Bertz CT molecular complexity index is 1030. The monoisotopic (exact) mass is 452 g/mol. The summed E-state index contributed by atoms with van der Waals surface area (Å²) < 4.78 is 5.75. The van der Waals surface area contributed by atoms with Crippen LogP contribution in [0.3, 0.4) is 0 Å². The summed E-state index contributed by atoms with van der Waals surface area (Å²) in [6.45, 7) is 6.54. The molecule has 0 spiro atoms. The van der Waals surface area contributed by atoms with Gasteiger partial charge in [0.05, 0.1) is 5.75 Å². The molecule has 0 aromatic carbocycles. The molecule has 32 heavy (non-hydrogen) atoms. The van der Waals surface area contributed by atoms with Crippen LogP contribution in [0.25, 0.3) is 0 Å². The van der Waals surface area contributed by atoms with E-state index in [4.69, 9.17) is 9.40 Å². The number of furan rings is 1. The van der Waals surface area contributed by atoms with Crippen molar-refractivity contribution in [3.8, 4) is 0 Å². The number of amides is 1. The molecular formula is C23H28N6O2S. The molecule has 1 fully saturated rings. The van der Waals surface area contributed by atoms with E-state index in [1.165, 1.54) is 11.8 Å². The van der Waals surface area contributed by atoms with E-state index < -0.39 is 0 Å². The molecule has 8 nitrogen and oxygen atoms in total. The van der Waals surface area contributed by atoms with Gasteiger partial charge in [0.1, 0.15) is 11.6 Å². The fourth-order valence-electron chi connectivity index (χ4n) is 3.39. The van der Waals surface area contributed by atoms with Gasteiger partial charge in [-0.3, -0.25) is 9.78 Å². The van der Waals surface area contributed by atoms with E-state index in [9.17, 15) is 4.79 Å². The standard InChI is InChI=1S/C23H28N6O2S/c1-3-18-14-21(29-12-10-28(2)11-13-29)27-23(26-18)32-16-19-4-5-20(31-19)22(30)25-15-17-6-8-24-9-7-17/h4-9,14H,3,10-13,15-16H2,1-2H3,(H,25,30). The highest BCUT2D eigenvalue weighted by molar-refractivity contribution is 7.98. The number of carbonyl (C=O) groups excluding carboxylic acids is 1. The zero-order valence-corrected chi connectivity index (χ0v) is 19.3. The Labute approximate surface area is 192 Å². The van der Waals surface area contributed by atoms with Crippen LogP contribution in [0.4, 0.5) is 5.82 Å². The first-order valence-electron chi connectivity index (χ1n) is 10.8. The smallest absolute Gasteiger partial charge is 0.287 e. The largest absolute Gasteiger partial charge is 0.455 e. The van der Waals surface area contributed by atoms with Crippen LogP contribution in [-0.2, 0) is 18.7 Å². The third-order valence-corrected chi connectivity index (χ3v) is 6.24. The predicted molar refractivity (Wildman–Crippen MR) is 125 cm³/mol. The van der Waals surface area contributed by atoms with Crippen LogP contribution in [0.15, 0.2) is 52.3 Å². The molecule has 1 N–H and O–H groups in total. The maximum Gasteiger partial charge on any atom is 0.287 e. The molecule has 1 aliphatic rings. The van der Waals surface area contributed by atoms with Crippen LogP contribution in [0, 0.1) is 0 Å². The number of pyridine rings is 1. The zero-order valence-electron chi connectivity index (χ0n) is 18.5. The van der Waals surface area contributed by atoms with E-state index in [2.05, 4.69) is 45.1 Å². The van der Waals surface area contributed by atoms with Crippen molar-refractivity contribution in [2.45, 2.75) is 30.8 Å². The lowest BCUT2D eigenvalue weighted by molar-refractivity contribution is 0.0921. The molecule has 0 saturated carbocycles. The highest BCUT2D eigenvalue weighted by atomic mass is 32.2. The van der Waals surface area contributed by atoms with Crippen molar-refractivity contribution in [3.05, 3.63) is 65.5 Å². The van der Waals surface area contributed by atoms with Crippen LogP contribution in [-0.4, -0.2) is 59.0 Å². The fraction of sp³-hybridized carbons (Fsp3) is 0.391. The molecule has 9 heteroatoms. The Hall–Kier alpha value is -2.91. The summed E-state index contributed by atoms with van der Waals surface area (Å²) in [5.41, 5.74) is 2.02. The van der Waals surface area contributed by atoms with Gasteiger partial charge in [0.2, 0.25) is 0 Å². The molecule has 0 bridgehead atoms. The summed E-state index contributed by atoms with van der Waals surface area (Å²) in [5.74, 6) is 2.34. The molecule has 1 aliphatic heterocycles. The minimum Gasteiger partial charge on any atom is -0.455 e. The van der Waals surface area contributed by atoms with Gasteiger partial charge in [-0.05, 0) is 43.3 Å². The minimum atomic E-state index is -0.236. The number of rotatable bonds is 8. The van der Waals surface area contributed by atoms with Gasteiger partial charge in [0.15, 0.2) is 10.9 Å². The lowest BCUT2D eigenvalue weighted by atomic mass is 10.2. The summed E-state index contributed by atoms with van der Waals surface area (Å²) in [6.07, 6.45) is 4.27. The number of aromatic nitrogens is 3. The summed E-state index contributed by atoms with van der Waals surface area (Å²) in [6, 6.07) is 9.36. The number of anilines is 1. The summed E-state index contributed by atoms with van der Waals surface area (Å²) in [4.78, 5) is 30.5. The number of aryl methyl sites for hydroxylation is 1. The average Bonchev–Trinajstić information content (AvgIpc) is 3.31. The van der Waals surface area contributed by atoms with Gasteiger partial charge in [-0.2, -0.15) is 0 Å². The average molecular weight is 453 g/mol. The van der Waals surface area contributed by atoms with E-state index >= 15 is 0 Å². The first-order valence-corrected chi connectivity index (χ1v) is 11.8. The van der Waals surface area contributed by atoms with Gasteiger partial charge < -0.3 is 19.5 Å². The molecule has 1 amide bonds. The van der Waals surface area contributed by atoms with Crippen molar-refractivity contribution >= 4 is 23.5 Å². The normalized spacial score (nSPS) is 14.5. The van der Waals surface area contributed by atoms with Crippen molar-refractivity contribution in [2.75, 3.05) is 38.1 Å². The van der Waals surface area contributed by atoms with Gasteiger partial charge in [0, 0.05) is 56.9 Å². The topological polar surface area (TPSA) is 87.4 Å². The number of piperazine rings is 1. The Kier molecular flexibility index (Phi) is 7.39. The van der Waals surface area contributed by atoms with Crippen LogP contribution in [0.5, 0.6) is 0 Å². The van der Waals surface area contributed by atoms with Crippen LogP contribution >= 0.6 is 11.8 Å². The third-order valence-electron chi connectivity index (χ3n) is 5.37. The second-order valence-electron chi connectivity index (χ2n) is 7.74. The number of likely N-dealkylation sites (N-methyl/N-ethyl adjacent to an activating group) is 1. The van der Waals surface area contributed by atoms with Crippen molar-refractivity contribution in [2.24, 2.45) is 0 Å². The van der Waals surface area contributed by atoms with Gasteiger partial charge in [-0.15, -0.1) is 0 Å². The van der Waals surface area contributed by atoms with Gasteiger partial charge in [-0.1, -0.05) is 18.7 Å². The molecule has 168 valence electrons. The molecule has 0 atom stereocenters. The van der Waals surface area contributed by atoms with E-state index in [0.717, 1.165) is 60.6 Å². The van der Waals surface area contributed by atoms with Crippen molar-refractivity contribution < 1.29 is 9.21 Å². The molecule has 0 aliphatic carbocycles. The molecule has 0 radical (unpaired) electrons. The summed E-state index contributed by atoms with van der Waals surface area (Å²) in [5, 5.41) is 3.60. The summed E-state index contributed by atoms with van der Waals surface area (Å²) in [7, 11) is 2.15. The quantitative estimate of drug-likeness (QED) is 0.412. The maximum atomic E-state index is 12.4. The molecule has 3 aromatic heterocycles. The number of thioether (sulfide) groups is 1. The van der Waals surface area contributed by atoms with Crippen LogP contribution in [0.1, 0.15) is 34.5 Å². The molecule has 4 rings (SSSR count). The molecular weight excluding hydrogens is 424 g/mol. The Morgan fingerprint density at radius 1 is 1.12 bits per heavy atom. The maximum absolute atomic E-state index is 12.4. The number of nitrogens with zero attached hydrogens (tertiary/aromatic N) is 5. The third kappa shape index (κ3) is 5.86. The van der Waals surface area contributed by atoms with E-state index in [1.807, 2.05) is 18.2 Å². The number of nitrogens with one attached hydrogen (secondary N) is 1. The van der Waals surface area contributed by atoms with E-state index in [0.29, 0.717) is 18.1 Å². The zero-order chi connectivity index (χ0) is 22.3. The first-order chi connectivity index (χ1) is 15.6. The van der Waals surface area contributed by atoms with Crippen molar-refractivity contribution in [3.63, 3.8) is 0 Å². The SMILES string of the molecule is CCc1cc(N2CCN(C)CC2)nc(SCc2ccc(C(=O)NCc3ccncc3)o2)n1. The Morgan fingerprint density at radius 2 is 1.91 bits per heavy atom. The second kappa shape index (κ2) is 10.6. The predicted octanol–water partition coefficient (Wildman–Crippen LogP) is 3.00. The lowest BCUT2D eigenvalue weighted by Crippen LogP contribution is -2.44. The second-order valence-corrected chi connectivity index (χ2v) is 8.68. The minimum absolute atomic E-state index is 0.236. The molecule has 4 heterocycles. The number of hydrogen-bond donors (Lipinski definition) is 1. The van der Waals surface area contributed by atoms with Gasteiger partial charge in [-0.25, -0.2) is 9.97 Å². The highest BCUT2D eigenvalue weighted by Gasteiger charge is 2.18. The van der Waals surface area contributed by atoms with E-state index in [-0.39, 0.29) is 5.91 Å². The van der Waals surface area contributed by atoms with Gasteiger partial charge in [0.25, 0.3) is 5.91 Å². The molecule has 3 aromatic rings. The summed E-state index contributed by atoms with van der Waals surface area (Å²) >= 11 is 1.53. The fourth-order valence-corrected chi connectivity index (χ4v) is 4.15. The number of hydrogen-bond acceptors (Lipinski definition) is 8. The highest BCUT2D eigenvalue weighted by Crippen LogP contribution is 2.24. The van der Waals surface area contributed by atoms with Gasteiger partial charge >= 0.3 is 0 Å². The molecule has 0 unspecified atom stereocenters. The van der Waals surface area contributed by atoms with Crippen LogP contribution < -0.4 is 10.2 Å².